The fourth-order valence-electron chi connectivity index (χ4n) is 1.34. The van der Waals surface area contributed by atoms with Crippen molar-refractivity contribution in [3.63, 3.8) is 0 Å². The molecule has 90 valence electrons. The van der Waals surface area contributed by atoms with Gasteiger partial charge in [0.2, 0.25) is 0 Å². The second kappa shape index (κ2) is 5.86. The monoisotopic (exact) mass is 245 g/mol. The maximum atomic E-state index is 10.6. The molecule has 6 heteroatoms. The van der Waals surface area contributed by atoms with E-state index < -0.39 is 12.0 Å². The maximum Gasteiger partial charge on any atom is 0.320 e. The van der Waals surface area contributed by atoms with E-state index >= 15 is 0 Å². The number of rotatable bonds is 6. The molecule has 1 atom stereocenters. The minimum absolute atomic E-state index is 0.174. The lowest BCUT2D eigenvalue weighted by molar-refractivity contribution is -0.138. The van der Waals surface area contributed by atoms with Gasteiger partial charge in [-0.2, -0.15) is 0 Å². The van der Waals surface area contributed by atoms with Crippen LogP contribution in [-0.2, 0) is 17.6 Å². The number of carbonyl (C=O) groups is 1. The van der Waals surface area contributed by atoms with Crippen LogP contribution in [0.3, 0.4) is 0 Å². The van der Waals surface area contributed by atoms with Gasteiger partial charge in [0.1, 0.15) is 17.0 Å². The Labute approximate surface area is 99.0 Å². The summed E-state index contributed by atoms with van der Waals surface area (Å²) in [4.78, 5) is 17.7. The van der Waals surface area contributed by atoms with Gasteiger partial charge in [0.15, 0.2) is 0 Å². The number of aryl methyl sites for hydroxylation is 1. The van der Waals surface area contributed by atoms with E-state index in [4.69, 9.17) is 22.4 Å². The highest BCUT2D eigenvalue weighted by Crippen LogP contribution is 2.15. The number of aliphatic carboxylic acids is 1. The number of nitrogens with two attached hydrogens (primary N) is 1. The van der Waals surface area contributed by atoms with Crippen molar-refractivity contribution in [3.8, 4) is 0 Å². The summed E-state index contributed by atoms with van der Waals surface area (Å²) in [5.41, 5.74) is 6.02. The molecule has 1 aromatic rings. The molecule has 0 aliphatic carbocycles. The van der Waals surface area contributed by atoms with E-state index in [0.717, 1.165) is 25.1 Å². The molecule has 1 aromatic heterocycles. The smallest absolute Gasteiger partial charge is 0.320 e. The molecular formula is C10H16ClN3O2. The van der Waals surface area contributed by atoms with Crippen LogP contribution in [-0.4, -0.2) is 27.1 Å². The van der Waals surface area contributed by atoms with E-state index in [-0.39, 0.29) is 6.42 Å². The third-order valence-electron chi connectivity index (χ3n) is 2.29. The van der Waals surface area contributed by atoms with E-state index in [9.17, 15) is 4.79 Å². The molecule has 1 heterocycles. The molecule has 0 saturated carbocycles. The van der Waals surface area contributed by atoms with Gasteiger partial charge in [0, 0.05) is 12.8 Å². The molecule has 0 amide bonds. The van der Waals surface area contributed by atoms with Crippen LogP contribution in [0.15, 0.2) is 0 Å². The topological polar surface area (TPSA) is 92.0 Å². The van der Waals surface area contributed by atoms with Crippen molar-refractivity contribution in [2.45, 2.75) is 38.6 Å². The van der Waals surface area contributed by atoms with Crippen LogP contribution in [0.5, 0.6) is 0 Å². The van der Waals surface area contributed by atoms with Crippen LogP contribution >= 0.6 is 11.6 Å². The molecule has 4 N–H and O–H groups in total. The summed E-state index contributed by atoms with van der Waals surface area (Å²) in [5, 5.41) is 9.00. The number of nitrogens with zero attached hydrogens (tertiary/aromatic N) is 1. The number of hydrogen-bond donors (Lipinski definition) is 3. The van der Waals surface area contributed by atoms with Gasteiger partial charge in [-0.05, 0) is 6.42 Å². The summed E-state index contributed by atoms with van der Waals surface area (Å²) in [6.07, 6.45) is 3.09. The minimum Gasteiger partial charge on any atom is -0.480 e. The Morgan fingerprint density at radius 2 is 2.38 bits per heavy atom. The van der Waals surface area contributed by atoms with Gasteiger partial charge < -0.3 is 15.8 Å². The highest BCUT2D eigenvalue weighted by Gasteiger charge is 2.16. The zero-order valence-electron chi connectivity index (χ0n) is 9.16. The Kier molecular flexibility index (Phi) is 4.76. The number of carboxylic acid groups (broad SMARTS) is 1. The SMILES string of the molecule is CCCCc1nc(Cl)c(CC(N)C(=O)O)[nH]1. The van der Waals surface area contributed by atoms with Gasteiger partial charge in [0.25, 0.3) is 0 Å². The first-order chi connectivity index (χ1) is 7.54. The third-order valence-corrected chi connectivity index (χ3v) is 2.60. The highest BCUT2D eigenvalue weighted by molar-refractivity contribution is 6.30. The van der Waals surface area contributed by atoms with E-state index in [0.29, 0.717) is 10.8 Å². The van der Waals surface area contributed by atoms with Crippen molar-refractivity contribution in [1.82, 2.24) is 9.97 Å². The van der Waals surface area contributed by atoms with Crippen LogP contribution in [0.2, 0.25) is 5.15 Å². The van der Waals surface area contributed by atoms with Crippen molar-refractivity contribution in [2.75, 3.05) is 0 Å². The first kappa shape index (κ1) is 13.0. The molecule has 1 unspecified atom stereocenters. The van der Waals surface area contributed by atoms with Crippen LogP contribution in [0.25, 0.3) is 0 Å². The Hall–Kier alpha value is -1.07. The highest BCUT2D eigenvalue weighted by atomic mass is 35.5. The summed E-state index contributed by atoms with van der Waals surface area (Å²) in [6.45, 7) is 2.09. The summed E-state index contributed by atoms with van der Waals surface area (Å²) in [5.74, 6) is -0.250. The Morgan fingerprint density at radius 3 is 2.94 bits per heavy atom. The van der Waals surface area contributed by atoms with Crippen molar-refractivity contribution < 1.29 is 9.90 Å². The predicted octanol–water partition coefficient (Wildman–Crippen LogP) is 1.36. The average molecular weight is 246 g/mol. The van der Waals surface area contributed by atoms with Crippen molar-refractivity contribution >= 4 is 17.6 Å². The molecule has 0 aliphatic rings. The molecule has 0 radical (unpaired) electrons. The van der Waals surface area contributed by atoms with Crippen LogP contribution in [0.4, 0.5) is 0 Å². The molecule has 0 saturated heterocycles. The molecule has 0 fully saturated rings. The summed E-state index contributed by atoms with van der Waals surface area (Å²) in [7, 11) is 0. The molecule has 0 aromatic carbocycles. The predicted molar refractivity (Wildman–Crippen MR) is 61.5 cm³/mol. The quantitative estimate of drug-likeness (QED) is 0.706. The second-order valence-corrected chi connectivity index (χ2v) is 4.06. The van der Waals surface area contributed by atoms with E-state index in [1.807, 2.05) is 0 Å². The Morgan fingerprint density at radius 1 is 1.69 bits per heavy atom. The van der Waals surface area contributed by atoms with E-state index in [1.54, 1.807) is 0 Å². The van der Waals surface area contributed by atoms with E-state index in [1.165, 1.54) is 0 Å². The Balaban J connectivity index is 2.66. The number of nitrogens with one attached hydrogen (secondary N) is 1. The van der Waals surface area contributed by atoms with Gasteiger partial charge in [-0.1, -0.05) is 24.9 Å². The van der Waals surface area contributed by atoms with Gasteiger partial charge in [-0.25, -0.2) is 4.98 Å². The summed E-state index contributed by atoms with van der Waals surface area (Å²) in [6, 6.07) is -0.947. The summed E-state index contributed by atoms with van der Waals surface area (Å²) < 4.78 is 0. The molecule has 0 spiro atoms. The lowest BCUT2D eigenvalue weighted by Crippen LogP contribution is -2.32. The van der Waals surface area contributed by atoms with Gasteiger partial charge >= 0.3 is 5.97 Å². The van der Waals surface area contributed by atoms with Crippen molar-refractivity contribution in [1.29, 1.82) is 0 Å². The normalized spacial score (nSPS) is 12.7. The van der Waals surface area contributed by atoms with Crippen LogP contribution in [0.1, 0.15) is 31.3 Å². The number of carboxylic acids is 1. The Bertz CT molecular complexity index is 365. The third kappa shape index (κ3) is 3.50. The average Bonchev–Trinajstić information content (AvgIpc) is 2.56. The number of aromatic amines is 1. The molecular weight excluding hydrogens is 230 g/mol. The van der Waals surface area contributed by atoms with Crippen LogP contribution < -0.4 is 5.73 Å². The molecule has 0 bridgehead atoms. The second-order valence-electron chi connectivity index (χ2n) is 3.71. The number of H-pyrrole nitrogens is 1. The first-order valence-corrected chi connectivity index (χ1v) is 5.64. The molecule has 0 aliphatic heterocycles. The minimum atomic E-state index is -1.04. The largest absolute Gasteiger partial charge is 0.480 e. The summed E-state index contributed by atoms with van der Waals surface area (Å²) >= 11 is 5.88. The number of aromatic nitrogens is 2. The number of imidazole rings is 1. The lowest BCUT2D eigenvalue weighted by Gasteiger charge is -2.03. The van der Waals surface area contributed by atoms with Gasteiger partial charge in [0.05, 0.1) is 5.69 Å². The molecule has 16 heavy (non-hydrogen) atoms. The maximum absolute atomic E-state index is 10.6. The standard InChI is InChI=1S/C10H16ClN3O2/c1-2-3-4-8-13-7(9(11)14-8)5-6(12)10(15)16/h6H,2-5,12H2,1H3,(H,13,14)(H,15,16). The zero-order valence-corrected chi connectivity index (χ0v) is 9.92. The first-order valence-electron chi connectivity index (χ1n) is 5.26. The van der Waals surface area contributed by atoms with Gasteiger partial charge in [-0.15, -0.1) is 0 Å². The van der Waals surface area contributed by atoms with Crippen molar-refractivity contribution in [2.24, 2.45) is 5.73 Å². The zero-order chi connectivity index (χ0) is 12.1. The fraction of sp³-hybridized carbons (Fsp3) is 0.600. The lowest BCUT2D eigenvalue weighted by atomic mass is 10.2. The fourth-order valence-corrected chi connectivity index (χ4v) is 1.57. The van der Waals surface area contributed by atoms with E-state index in [2.05, 4.69) is 16.9 Å². The van der Waals surface area contributed by atoms with Crippen molar-refractivity contribution in [3.05, 3.63) is 16.7 Å². The van der Waals surface area contributed by atoms with Crippen LogP contribution in [0, 0.1) is 0 Å². The molecule has 5 nitrogen and oxygen atoms in total. The number of halogens is 1. The number of hydrogen-bond acceptors (Lipinski definition) is 3. The van der Waals surface area contributed by atoms with Gasteiger partial charge in [-0.3, -0.25) is 4.79 Å². The molecule has 1 rings (SSSR count). The number of unbranched alkanes of at least 4 members (excludes halogenated alkanes) is 1.